The summed E-state index contributed by atoms with van der Waals surface area (Å²) >= 11 is 2.43. The van der Waals surface area contributed by atoms with Gasteiger partial charge in [0, 0.05) is 22.0 Å². The van der Waals surface area contributed by atoms with Crippen LogP contribution in [0.5, 0.6) is 0 Å². The molecule has 4 rings (SSSR count). The number of fused-ring (bicyclic) bond motifs is 1. The minimum atomic E-state index is -1.45. The molecule has 0 fully saturated rings. The van der Waals surface area contributed by atoms with Gasteiger partial charge in [-0.1, -0.05) is 13.0 Å². The molecule has 0 radical (unpaired) electrons. The first kappa shape index (κ1) is 36.0. The Morgan fingerprint density at radius 1 is 1.00 bits per heavy atom. The third-order valence-electron chi connectivity index (χ3n) is 7.11. The predicted octanol–water partition coefficient (Wildman–Crippen LogP) is 5.99. The molecule has 15 heteroatoms. The molecule has 0 saturated carbocycles. The van der Waals surface area contributed by atoms with Crippen LogP contribution in [-0.4, -0.2) is 75.4 Å². The van der Waals surface area contributed by atoms with Crippen LogP contribution >= 0.6 is 23.1 Å². The summed E-state index contributed by atoms with van der Waals surface area (Å²) in [6.45, 7) is 7.73. The van der Waals surface area contributed by atoms with E-state index in [9.17, 15) is 39.0 Å². The predicted molar refractivity (Wildman–Crippen MR) is 179 cm³/mol. The molecule has 254 valence electrons. The van der Waals surface area contributed by atoms with Gasteiger partial charge >= 0.3 is 24.0 Å². The van der Waals surface area contributed by atoms with Crippen molar-refractivity contribution in [2.75, 3.05) is 24.3 Å². The molecule has 1 aliphatic heterocycles. The van der Waals surface area contributed by atoms with Gasteiger partial charge in [0.1, 0.15) is 10.6 Å². The van der Waals surface area contributed by atoms with Gasteiger partial charge in [-0.15, -0.1) is 23.1 Å². The van der Waals surface area contributed by atoms with Gasteiger partial charge in [0.05, 0.1) is 41.2 Å². The number of carboxylic acids is 2. The summed E-state index contributed by atoms with van der Waals surface area (Å²) in [6.07, 6.45) is 0.329. The van der Waals surface area contributed by atoms with E-state index in [0.717, 1.165) is 28.6 Å². The highest BCUT2D eigenvalue weighted by Crippen LogP contribution is 2.39. The van der Waals surface area contributed by atoms with Gasteiger partial charge in [0.2, 0.25) is 5.91 Å². The number of nitrogens with zero attached hydrogens (tertiary/aromatic N) is 1. The van der Waals surface area contributed by atoms with E-state index in [1.807, 2.05) is 6.92 Å². The number of amides is 3. The van der Waals surface area contributed by atoms with Crippen molar-refractivity contribution in [3.05, 3.63) is 75.2 Å². The molecule has 48 heavy (non-hydrogen) atoms. The van der Waals surface area contributed by atoms with Crippen molar-refractivity contribution in [3.8, 4) is 0 Å². The molecule has 1 aliphatic rings. The van der Waals surface area contributed by atoms with E-state index in [-0.39, 0.29) is 29.1 Å². The van der Waals surface area contributed by atoms with E-state index in [2.05, 4.69) is 10.6 Å². The third kappa shape index (κ3) is 8.52. The fourth-order valence-corrected chi connectivity index (χ4v) is 7.14. The second-order valence-electron chi connectivity index (χ2n) is 11.7. The Morgan fingerprint density at radius 2 is 1.73 bits per heavy atom. The Bertz CT molecular complexity index is 1780. The fraction of sp³-hybridized carbons (Fsp3) is 0.333. The molecule has 0 aliphatic carbocycles. The number of methoxy groups -OCH3 is 1. The largest absolute Gasteiger partial charge is 0.478 e. The summed E-state index contributed by atoms with van der Waals surface area (Å²) in [5.74, 6) is -4.49. The van der Waals surface area contributed by atoms with Crippen molar-refractivity contribution in [3.63, 3.8) is 0 Å². The number of carbonyl (C=O) groups excluding carboxylic acids is 4. The second kappa shape index (κ2) is 14.9. The number of aromatic carboxylic acids is 2. The van der Waals surface area contributed by atoms with Gasteiger partial charge in [0.15, 0.2) is 0 Å². The van der Waals surface area contributed by atoms with Crippen LogP contribution in [0, 0.1) is 0 Å². The number of hydrogen-bond acceptors (Lipinski definition) is 10. The number of thioether (sulfide) groups is 1. The molecule has 1 unspecified atom stereocenters. The lowest BCUT2D eigenvalue weighted by Crippen LogP contribution is -2.39. The van der Waals surface area contributed by atoms with E-state index in [4.69, 9.17) is 9.47 Å². The Labute approximate surface area is 284 Å². The number of hydrogen-bond donors (Lipinski definition) is 4. The molecule has 13 nitrogen and oxygen atoms in total. The summed E-state index contributed by atoms with van der Waals surface area (Å²) < 4.78 is 10.5. The first-order valence-corrected chi connectivity index (χ1v) is 16.5. The second-order valence-corrected chi connectivity index (χ2v) is 14.1. The zero-order chi connectivity index (χ0) is 35.3. The molecule has 3 aromatic rings. The zero-order valence-electron chi connectivity index (χ0n) is 26.9. The molecule has 2 heterocycles. The molecule has 1 atom stereocenters. The lowest BCUT2D eigenvalue weighted by Gasteiger charge is -2.30. The Hall–Kier alpha value is -4.89. The van der Waals surface area contributed by atoms with Gasteiger partial charge in [-0.25, -0.2) is 19.2 Å². The van der Waals surface area contributed by atoms with Crippen molar-refractivity contribution in [2.45, 2.75) is 62.8 Å². The van der Waals surface area contributed by atoms with Crippen molar-refractivity contribution >= 4 is 69.6 Å². The maximum atomic E-state index is 13.5. The number of nitrogens with one attached hydrogen (secondary N) is 2. The molecular formula is C33H35N3O10S2. The molecule has 0 spiro atoms. The fourth-order valence-electron chi connectivity index (χ4n) is 4.87. The van der Waals surface area contributed by atoms with Crippen LogP contribution < -0.4 is 10.6 Å². The molecule has 3 amide bonds. The van der Waals surface area contributed by atoms with Crippen molar-refractivity contribution in [1.29, 1.82) is 0 Å². The molecular weight excluding hydrogens is 663 g/mol. The minimum Gasteiger partial charge on any atom is -0.478 e. The normalized spacial score (nSPS) is 13.1. The third-order valence-corrected chi connectivity index (χ3v) is 9.60. The maximum Gasteiger partial charge on any atom is 0.410 e. The zero-order valence-corrected chi connectivity index (χ0v) is 28.5. The summed E-state index contributed by atoms with van der Waals surface area (Å²) in [5.41, 5.74) is -0.305. The number of ether oxygens (including phenoxy) is 2. The van der Waals surface area contributed by atoms with E-state index < -0.39 is 46.3 Å². The first-order valence-electron chi connectivity index (χ1n) is 14.8. The number of esters is 1. The monoisotopic (exact) mass is 697 g/mol. The van der Waals surface area contributed by atoms with Crippen LogP contribution in [0.3, 0.4) is 0 Å². The van der Waals surface area contributed by atoms with Crippen molar-refractivity contribution < 1.29 is 48.5 Å². The molecule has 4 N–H and O–H groups in total. The van der Waals surface area contributed by atoms with Crippen molar-refractivity contribution in [1.82, 2.24) is 4.90 Å². The van der Waals surface area contributed by atoms with E-state index in [1.165, 1.54) is 30.2 Å². The van der Waals surface area contributed by atoms with Crippen LogP contribution in [0.25, 0.3) is 0 Å². The number of carboxylic acid groups (broad SMARTS) is 2. The summed E-state index contributed by atoms with van der Waals surface area (Å²) in [7, 11) is 1.26. The van der Waals surface area contributed by atoms with E-state index >= 15 is 0 Å². The van der Waals surface area contributed by atoms with Crippen LogP contribution in [-0.2, 0) is 27.2 Å². The standard InChI is InChI=1S/C33H35N3O10S2/c1-6-23(47-19-9-7-8-18(15-19)34-26(37)20-11-10-17(29(39)40)14-22(20)30(41)42)27(38)35-28-25(31(43)45-5)21-12-13-36(16-24(21)48-28)32(44)46-33(2,3)4/h7-11,14-15,23H,6,12-13,16H2,1-5H3,(H,34,37)(H,35,38)(H,39,40)(H,41,42). The minimum absolute atomic E-state index is 0.217. The number of anilines is 2. The van der Waals surface area contributed by atoms with Crippen LogP contribution in [0.1, 0.15) is 86.0 Å². The SMILES string of the molecule is CCC(Sc1cccc(NC(=O)c2ccc(C(=O)O)cc2C(=O)O)c1)C(=O)Nc1sc2c(c1C(=O)OC)CCN(C(=O)OC(C)(C)C)C2. The summed E-state index contributed by atoms with van der Waals surface area (Å²) in [6, 6.07) is 9.82. The average Bonchev–Trinajstić information content (AvgIpc) is 3.39. The number of benzene rings is 2. The molecule has 0 saturated heterocycles. The molecule has 1 aromatic heterocycles. The summed E-state index contributed by atoms with van der Waals surface area (Å²) in [5, 5.41) is 24.0. The number of rotatable bonds is 10. The van der Waals surface area contributed by atoms with Gasteiger partial charge < -0.3 is 35.2 Å². The first-order chi connectivity index (χ1) is 22.6. The highest BCUT2D eigenvalue weighted by Gasteiger charge is 2.33. The Balaban J connectivity index is 1.50. The Morgan fingerprint density at radius 3 is 2.35 bits per heavy atom. The van der Waals surface area contributed by atoms with Crippen LogP contribution in [0.15, 0.2) is 47.4 Å². The quantitative estimate of drug-likeness (QED) is 0.144. The van der Waals surface area contributed by atoms with Crippen molar-refractivity contribution in [2.24, 2.45) is 0 Å². The topological polar surface area (TPSA) is 189 Å². The van der Waals surface area contributed by atoms with Gasteiger partial charge in [0.25, 0.3) is 5.91 Å². The highest BCUT2D eigenvalue weighted by atomic mass is 32.2. The van der Waals surface area contributed by atoms with Gasteiger partial charge in [-0.2, -0.15) is 0 Å². The van der Waals surface area contributed by atoms with Gasteiger partial charge in [-0.05, 0) is 75.6 Å². The smallest absolute Gasteiger partial charge is 0.410 e. The Kier molecular flexibility index (Phi) is 11.2. The lowest BCUT2D eigenvalue weighted by molar-refractivity contribution is -0.115. The molecule has 2 aromatic carbocycles. The molecule has 0 bridgehead atoms. The highest BCUT2D eigenvalue weighted by molar-refractivity contribution is 8.00. The number of thiophene rings is 1. The number of carbonyl (C=O) groups is 6. The van der Waals surface area contributed by atoms with E-state index in [0.29, 0.717) is 35.0 Å². The summed E-state index contributed by atoms with van der Waals surface area (Å²) in [4.78, 5) is 78.0. The van der Waals surface area contributed by atoms with Gasteiger partial charge in [-0.3, -0.25) is 9.59 Å². The van der Waals surface area contributed by atoms with Crippen LogP contribution in [0.2, 0.25) is 0 Å². The average molecular weight is 698 g/mol. The van der Waals surface area contributed by atoms with E-state index in [1.54, 1.807) is 49.9 Å². The maximum absolute atomic E-state index is 13.5. The van der Waals surface area contributed by atoms with Crippen LogP contribution in [0.4, 0.5) is 15.5 Å². The lowest BCUT2D eigenvalue weighted by atomic mass is 10.0.